The lowest BCUT2D eigenvalue weighted by atomic mass is 9.76. The Bertz CT molecular complexity index is 975. The number of nitrogens with zero attached hydrogens (tertiary/aromatic N) is 2. The van der Waals surface area contributed by atoms with Crippen LogP contribution in [0.2, 0.25) is 0 Å². The normalized spacial score (nSPS) is 15.5. The topological polar surface area (TPSA) is 96.7 Å². The van der Waals surface area contributed by atoms with Crippen molar-refractivity contribution in [3.05, 3.63) is 53.9 Å². The number of carbonyl (C=O) groups excluding carboxylic acids is 1. The van der Waals surface area contributed by atoms with Crippen molar-refractivity contribution in [2.75, 3.05) is 11.1 Å². The predicted octanol–water partition coefficient (Wildman–Crippen LogP) is 3.95. The first-order chi connectivity index (χ1) is 12.4. The molecule has 6 nitrogen and oxygen atoms in total. The molecule has 0 bridgehead atoms. The standard InChI is InChI=1S/C20H21N5O/c1-20(2)10-14-16(15(26)11-20)18(23-12-6-4-3-5-7-12)17(24-14)13-8-9-22-19(21)25-13/h3-9,23-24H,10-11H2,1-2H3,(H2,21,22,25). The third kappa shape index (κ3) is 2.94. The fraction of sp³-hybridized carbons (Fsp3) is 0.250. The van der Waals surface area contributed by atoms with Crippen LogP contribution in [-0.2, 0) is 6.42 Å². The molecule has 0 atom stereocenters. The molecule has 0 saturated carbocycles. The molecule has 132 valence electrons. The Morgan fingerprint density at radius 1 is 1.15 bits per heavy atom. The smallest absolute Gasteiger partial charge is 0.220 e. The predicted molar refractivity (Wildman–Crippen MR) is 102 cm³/mol. The highest BCUT2D eigenvalue weighted by Crippen LogP contribution is 2.42. The minimum absolute atomic E-state index is 0.0685. The van der Waals surface area contributed by atoms with Crippen LogP contribution in [0.4, 0.5) is 17.3 Å². The van der Waals surface area contributed by atoms with Crippen LogP contribution in [0.5, 0.6) is 0 Å². The first-order valence-corrected chi connectivity index (χ1v) is 8.62. The number of nitrogens with two attached hydrogens (primary N) is 1. The second-order valence-electron chi connectivity index (χ2n) is 7.46. The van der Waals surface area contributed by atoms with Crippen molar-refractivity contribution in [2.45, 2.75) is 26.7 Å². The second-order valence-corrected chi connectivity index (χ2v) is 7.46. The van der Waals surface area contributed by atoms with Gasteiger partial charge < -0.3 is 16.0 Å². The molecule has 4 N–H and O–H groups in total. The van der Waals surface area contributed by atoms with Crippen LogP contribution in [0.15, 0.2) is 42.6 Å². The Balaban J connectivity index is 1.89. The summed E-state index contributed by atoms with van der Waals surface area (Å²) in [5.41, 5.74) is 10.5. The summed E-state index contributed by atoms with van der Waals surface area (Å²) in [5.74, 6) is 0.339. The molecule has 1 aliphatic carbocycles. The number of hydrogen-bond donors (Lipinski definition) is 3. The zero-order chi connectivity index (χ0) is 18.3. The van der Waals surface area contributed by atoms with E-state index in [0.29, 0.717) is 12.1 Å². The van der Waals surface area contributed by atoms with E-state index in [4.69, 9.17) is 5.73 Å². The summed E-state index contributed by atoms with van der Waals surface area (Å²) in [6.45, 7) is 4.22. The fourth-order valence-electron chi connectivity index (χ4n) is 3.55. The number of fused-ring (bicyclic) bond motifs is 1. The number of anilines is 3. The lowest BCUT2D eigenvalue weighted by Gasteiger charge is -2.28. The molecule has 0 amide bonds. The molecule has 0 spiro atoms. The number of benzene rings is 1. The van der Waals surface area contributed by atoms with Gasteiger partial charge in [-0.05, 0) is 30.0 Å². The number of Topliss-reactive ketones (excluding diaryl/α,β-unsaturated/α-hetero) is 1. The van der Waals surface area contributed by atoms with Gasteiger partial charge in [-0.1, -0.05) is 32.0 Å². The van der Waals surface area contributed by atoms with Crippen LogP contribution in [0.1, 0.15) is 36.3 Å². The van der Waals surface area contributed by atoms with Crippen molar-refractivity contribution in [1.82, 2.24) is 15.0 Å². The lowest BCUT2D eigenvalue weighted by molar-refractivity contribution is 0.0912. The Morgan fingerprint density at radius 2 is 1.92 bits per heavy atom. The third-order valence-electron chi connectivity index (χ3n) is 4.62. The van der Waals surface area contributed by atoms with Gasteiger partial charge in [0.25, 0.3) is 0 Å². The van der Waals surface area contributed by atoms with E-state index in [0.717, 1.165) is 34.7 Å². The molecular formula is C20H21N5O. The van der Waals surface area contributed by atoms with Crippen LogP contribution in [-0.4, -0.2) is 20.7 Å². The molecule has 2 heterocycles. The zero-order valence-electron chi connectivity index (χ0n) is 14.8. The lowest BCUT2D eigenvalue weighted by Crippen LogP contribution is -2.26. The molecule has 4 rings (SSSR count). The minimum atomic E-state index is -0.0685. The summed E-state index contributed by atoms with van der Waals surface area (Å²) >= 11 is 0. The van der Waals surface area contributed by atoms with Crippen LogP contribution in [0, 0.1) is 5.41 Å². The number of H-pyrrole nitrogens is 1. The molecule has 6 heteroatoms. The van der Waals surface area contributed by atoms with Crippen molar-refractivity contribution in [1.29, 1.82) is 0 Å². The fourth-order valence-corrected chi connectivity index (χ4v) is 3.55. The molecule has 0 unspecified atom stereocenters. The number of carbonyl (C=O) groups is 1. The van der Waals surface area contributed by atoms with Crippen molar-refractivity contribution < 1.29 is 4.79 Å². The van der Waals surface area contributed by atoms with Gasteiger partial charge in [0.1, 0.15) is 0 Å². The maximum atomic E-state index is 12.9. The number of hydrogen-bond acceptors (Lipinski definition) is 5. The van der Waals surface area contributed by atoms with Crippen LogP contribution in [0.3, 0.4) is 0 Å². The van der Waals surface area contributed by atoms with Gasteiger partial charge in [0, 0.05) is 24.0 Å². The molecule has 1 aliphatic rings. The van der Waals surface area contributed by atoms with Crippen LogP contribution < -0.4 is 11.1 Å². The van der Waals surface area contributed by atoms with Gasteiger partial charge in [-0.3, -0.25) is 4.79 Å². The summed E-state index contributed by atoms with van der Waals surface area (Å²) in [6, 6.07) is 11.6. The molecule has 0 fully saturated rings. The van der Waals surface area contributed by atoms with E-state index in [1.165, 1.54) is 0 Å². The maximum absolute atomic E-state index is 12.9. The van der Waals surface area contributed by atoms with Crippen molar-refractivity contribution in [3.63, 3.8) is 0 Å². The summed E-state index contributed by atoms with van der Waals surface area (Å²) < 4.78 is 0. The molecule has 26 heavy (non-hydrogen) atoms. The van der Waals surface area contributed by atoms with E-state index >= 15 is 0 Å². The number of nitrogen functional groups attached to an aromatic ring is 1. The Labute approximate surface area is 151 Å². The average Bonchev–Trinajstić information content (AvgIpc) is 2.93. The summed E-state index contributed by atoms with van der Waals surface area (Å²) in [6.07, 6.45) is 2.94. The SMILES string of the molecule is CC1(C)CC(=O)c2c([nH]c(-c3ccnc(N)n3)c2Nc2ccccc2)C1. The van der Waals surface area contributed by atoms with Gasteiger partial charge in [0.05, 0.1) is 22.6 Å². The van der Waals surface area contributed by atoms with Crippen molar-refractivity contribution >= 4 is 23.1 Å². The van der Waals surface area contributed by atoms with Crippen molar-refractivity contribution in [3.8, 4) is 11.4 Å². The van der Waals surface area contributed by atoms with E-state index in [9.17, 15) is 4.79 Å². The van der Waals surface area contributed by atoms with Gasteiger partial charge in [0.2, 0.25) is 5.95 Å². The molecule has 3 aromatic rings. The van der Waals surface area contributed by atoms with E-state index in [-0.39, 0.29) is 17.1 Å². The number of rotatable bonds is 3. The molecule has 1 aromatic carbocycles. The van der Waals surface area contributed by atoms with Gasteiger partial charge in [-0.2, -0.15) is 0 Å². The summed E-state index contributed by atoms with van der Waals surface area (Å²) in [7, 11) is 0. The average molecular weight is 347 g/mol. The quantitative estimate of drug-likeness (QED) is 0.666. The molecular weight excluding hydrogens is 326 g/mol. The highest BCUT2D eigenvalue weighted by Gasteiger charge is 2.36. The number of aromatic amines is 1. The molecule has 0 saturated heterocycles. The molecule has 0 radical (unpaired) electrons. The van der Waals surface area contributed by atoms with E-state index in [2.05, 4.69) is 34.1 Å². The Kier molecular flexibility index (Phi) is 3.76. The van der Waals surface area contributed by atoms with Crippen molar-refractivity contribution in [2.24, 2.45) is 5.41 Å². The zero-order valence-corrected chi connectivity index (χ0v) is 14.8. The van der Waals surface area contributed by atoms with E-state index in [1.807, 2.05) is 30.3 Å². The second kappa shape index (κ2) is 5.98. The third-order valence-corrected chi connectivity index (χ3v) is 4.62. The number of para-hydroxylation sites is 1. The largest absolute Gasteiger partial charge is 0.368 e. The first kappa shape index (κ1) is 16.3. The van der Waals surface area contributed by atoms with E-state index < -0.39 is 0 Å². The van der Waals surface area contributed by atoms with Gasteiger partial charge in [0.15, 0.2) is 5.78 Å². The van der Waals surface area contributed by atoms with Gasteiger partial charge in [-0.25, -0.2) is 9.97 Å². The molecule has 2 aromatic heterocycles. The number of aromatic nitrogens is 3. The minimum Gasteiger partial charge on any atom is -0.368 e. The maximum Gasteiger partial charge on any atom is 0.220 e. The monoisotopic (exact) mass is 347 g/mol. The Morgan fingerprint density at radius 3 is 2.65 bits per heavy atom. The molecule has 0 aliphatic heterocycles. The summed E-state index contributed by atoms with van der Waals surface area (Å²) in [5, 5.41) is 3.40. The first-order valence-electron chi connectivity index (χ1n) is 8.62. The highest BCUT2D eigenvalue weighted by atomic mass is 16.1. The van der Waals surface area contributed by atoms with E-state index in [1.54, 1.807) is 12.3 Å². The summed E-state index contributed by atoms with van der Waals surface area (Å²) in [4.78, 5) is 24.6. The number of nitrogens with one attached hydrogen (secondary N) is 2. The van der Waals surface area contributed by atoms with Crippen LogP contribution in [0.25, 0.3) is 11.4 Å². The number of ketones is 1. The Hall–Kier alpha value is -3.15. The van der Waals surface area contributed by atoms with Gasteiger partial charge >= 0.3 is 0 Å². The van der Waals surface area contributed by atoms with Crippen LogP contribution >= 0.6 is 0 Å². The van der Waals surface area contributed by atoms with Gasteiger partial charge in [-0.15, -0.1) is 0 Å². The highest BCUT2D eigenvalue weighted by molar-refractivity contribution is 6.07.